The van der Waals surface area contributed by atoms with Crippen LogP contribution in [0, 0.1) is 0 Å². The molecule has 17 heavy (non-hydrogen) atoms. The van der Waals surface area contributed by atoms with Crippen LogP contribution < -0.4 is 10.0 Å². The Morgan fingerprint density at radius 1 is 1.59 bits per heavy atom. The van der Waals surface area contributed by atoms with Gasteiger partial charge >= 0.3 is 0 Å². The summed E-state index contributed by atoms with van der Waals surface area (Å²) < 4.78 is 28.0. The van der Waals surface area contributed by atoms with Gasteiger partial charge in [0.1, 0.15) is 0 Å². The van der Waals surface area contributed by atoms with Gasteiger partial charge in [0.15, 0.2) is 5.03 Å². The van der Waals surface area contributed by atoms with Crippen LogP contribution in [0.15, 0.2) is 17.3 Å². The van der Waals surface area contributed by atoms with E-state index in [0.717, 1.165) is 19.4 Å². The van der Waals surface area contributed by atoms with Crippen LogP contribution >= 0.6 is 12.4 Å². The Hall–Kier alpha value is -0.630. The monoisotopic (exact) mass is 280 g/mol. The molecule has 98 valence electrons. The zero-order chi connectivity index (χ0) is 11.6. The lowest BCUT2D eigenvalue weighted by molar-refractivity contribution is 0.427. The standard InChI is InChI=1S/C9H16N4O2S.ClH/c1-13-9(4-6-11-13)16(14,15)12-8-3-2-5-10-7-8;/h4,6,8,10,12H,2-3,5,7H2,1H3;1H/t8-;/m1./s1. The molecule has 2 N–H and O–H groups in total. The van der Waals surface area contributed by atoms with E-state index in [-0.39, 0.29) is 23.5 Å². The number of hydrogen-bond acceptors (Lipinski definition) is 4. The van der Waals surface area contributed by atoms with Gasteiger partial charge in [-0.1, -0.05) is 0 Å². The molecular formula is C9H17ClN4O2S. The minimum absolute atomic E-state index is 0. The smallest absolute Gasteiger partial charge is 0.257 e. The number of halogens is 1. The number of rotatable bonds is 3. The molecule has 1 fully saturated rings. The summed E-state index contributed by atoms with van der Waals surface area (Å²) in [7, 11) is -1.82. The number of sulfonamides is 1. The Balaban J connectivity index is 0.00000144. The lowest BCUT2D eigenvalue weighted by atomic mass is 10.1. The number of aryl methyl sites for hydroxylation is 1. The Labute approximate surface area is 107 Å². The molecule has 0 aromatic carbocycles. The van der Waals surface area contributed by atoms with Crippen molar-refractivity contribution in [1.29, 1.82) is 0 Å². The lowest BCUT2D eigenvalue weighted by Crippen LogP contribution is -2.45. The van der Waals surface area contributed by atoms with Gasteiger partial charge < -0.3 is 5.32 Å². The molecule has 1 aliphatic heterocycles. The van der Waals surface area contributed by atoms with Crippen molar-refractivity contribution >= 4 is 22.4 Å². The summed E-state index contributed by atoms with van der Waals surface area (Å²) in [6.07, 6.45) is 3.36. The van der Waals surface area contributed by atoms with Gasteiger partial charge in [-0.2, -0.15) is 5.10 Å². The van der Waals surface area contributed by atoms with Crippen molar-refractivity contribution in [3.05, 3.63) is 12.3 Å². The summed E-state index contributed by atoms with van der Waals surface area (Å²) in [5, 5.41) is 7.23. The molecule has 1 aromatic heterocycles. The Bertz CT molecular complexity index is 453. The highest BCUT2D eigenvalue weighted by atomic mass is 35.5. The molecule has 0 spiro atoms. The highest BCUT2D eigenvalue weighted by Crippen LogP contribution is 2.09. The SMILES string of the molecule is Cl.Cn1nccc1S(=O)(=O)N[C@@H]1CCCNC1. The van der Waals surface area contributed by atoms with Crippen LogP contribution in [-0.2, 0) is 17.1 Å². The zero-order valence-corrected chi connectivity index (χ0v) is 11.2. The molecule has 1 atom stereocenters. The maximum Gasteiger partial charge on any atom is 0.257 e. The first kappa shape index (κ1) is 14.4. The van der Waals surface area contributed by atoms with E-state index in [9.17, 15) is 8.42 Å². The first-order valence-electron chi connectivity index (χ1n) is 5.30. The summed E-state index contributed by atoms with van der Waals surface area (Å²) in [5.74, 6) is 0. The molecule has 6 nitrogen and oxygen atoms in total. The fraction of sp³-hybridized carbons (Fsp3) is 0.667. The van der Waals surface area contributed by atoms with E-state index in [4.69, 9.17) is 0 Å². The Kier molecular flexibility index (Phi) is 4.93. The van der Waals surface area contributed by atoms with Crippen molar-refractivity contribution in [3.8, 4) is 0 Å². The predicted molar refractivity (Wildman–Crippen MR) is 66.7 cm³/mol. The van der Waals surface area contributed by atoms with Crippen molar-refractivity contribution in [2.24, 2.45) is 7.05 Å². The van der Waals surface area contributed by atoms with E-state index in [1.165, 1.54) is 16.9 Å². The van der Waals surface area contributed by atoms with Gasteiger partial charge in [-0.15, -0.1) is 12.4 Å². The molecule has 1 aliphatic rings. The molecule has 2 heterocycles. The third-order valence-corrected chi connectivity index (χ3v) is 4.26. The van der Waals surface area contributed by atoms with Crippen LogP contribution in [0.25, 0.3) is 0 Å². The minimum Gasteiger partial charge on any atom is -0.315 e. The van der Waals surface area contributed by atoms with E-state index in [1.807, 2.05) is 0 Å². The van der Waals surface area contributed by atoms with E-state index in [0.29, 0.717) is 6.54 Å². The number of nitrogens with zero attached hydrogens (tertiary/aromatic N) is 2. The third-order valence-electron chi connectivity index (χ3n) is 2.67. The summed E-state index contributed by atoms with van der Waals surface area (Å²) in [6.45, 7) is 1.65. The van der Waals surface area contributed by atoms with Gasteiger partial charge in [0.2, 0.25) is 0 Å². The van der Waals surface area contributed by atoms with Gasteiger partial charge in [-0.25, -0.2) is 13.1 Å². The van der Waals surface area contributed by atoms with Crippen molar-refractivity contribution < 1.29 is 8.42 Å². The largest absolute Gasteiger partial charge is 0.315 e. The molecule has 0 radical (unpaired) electrons. The molecule has 1 saturated heterocycles. The Morgan fingerprint density at radius 2 is 2.35 bits per heavy atom. The van der Waals surface area contributed by atoms with Crippen LogP contribution in [0.1, 0.15) is 12.8 Å². The maximum absolute atomic E-state index is 12.0. The van der Waals surface area contributed by atoms with Gasteiger partial charge in [-0.3, -0.25) is 4.68 Å². The second kappa shape index (κ2) is 5.81. The molecular weight excluding hydrogens is 264 g/mol. The fourth-order valence-electron chi connectivity index (χ4n) is 1.86. The predicted octanol–water partition coefficient (Wildman–Crippen LogP) is -0.128. The van der Waals surface area contributed by atoms with Crippen LogP contribution in [0.2, 0.25) is 0 Å². The van der Waals surface area contributed by atoms with Gasteiger partial charge in [0.05, 0.1) is 6.20 Å². The average Bonchev–Trinajstić information content (AvgIpc) is 2.66. The van der Waals surface area contributed by atoms with Crippen molar-refractivity contribution in [1.82, 2.24) is 19.8 Å². The molecule has 0 amide bonds. The molecule has 0 unspecified atom stereocenters. The molecule has 2 rings (SSSR count). The summed E-state index contributed by atoms with van der Waals surface area (Å²) in [4.78, 5) is 0. The number of piperidine rings is 1. The topological polar surface area (TPSA) is 76.0 Å². The quantitative estimate of drug-likeness (QED) is 0.809. The van der Waals surface area contributed by atoms with E-state index in [1.54, 1.807) is 7.05 Å². The van der Waals surface area contributed by atoms with E-state index >= 15 is 0 Å². The first-order chi connectivity index (χ1) is 7.59. The minimum atomic E-state index is -3.44. The zero-order valence-electron chi connectivity index (χ0n) is 9.59. The van der Waals surface area contributed by atoms with Crippen LogP contribution in [0.4, 0.5) is 0 Å². The van der Waals surface area contributed by atoms with Crippen LogP contribution in [0.3, 0.4) is 0 Å². The average molecular weight is 281 g/mol. The molecule has 0 aliphatic carbocycles. The van der Waals surface area contributed by atoms with Crippen molar-refractivity contribution in [3.63, 3.8) is 0 Å². The van der Waals surface area contributed by atoms with Gasteiger partial charge in [0, 0.05) is 19.6 Å². The summed E-state index contributed by atoms with van der Waals surface area (Å²) >= 11 is 0. The lowest BCUT2D eigenvalue weighted by Gasteiger charge is -2.23. The highest BCUT2D eigenvalue weighted by molar-refractivity contribution is 7.89. The second-order valence-electron chi connectivity index (χ2n) is 3.96. The first-order valence-corrected chi connectivity index (χ1v) is 6.79. The second-order valence-corrected chi connectivity index (χ2v) is 5.62. The molecule has 8 heteroatoms. The summed E-state index contributed by atoms with van der Waals surface area (Å²) in [5.41, 5.74) is 0. The number of hydrogen-bond donors (Lipinski definition) is 2. The molecule has 1 aromatic rings. The fourth-order valence-corrected chi connectivity index (χ4v) is 3.25. The van der Waals surface area contributed by atoms with E-state index in [2.05, 4.69) is 15.1 Å². The normalized spacial score (nSPS) is 20.9. The molecule has 0 bridgehead atoms. The van der Waals surface area contributed by atoms with Crippen molar-refractivity contribution in [2.75, 3.05) is 13.1 Å². The van der Waals surface area contributed by atoms with Crippen LogP contribution in [-0.4, -0.2) is 37.3 Å². The van der Waals surface area contributed by atoms with Crippen LogP contribution in [0.5, 0.6) is 0 Å². The van der Waals surface area contributed by atoms with Gasteiger partial charge in [-0.05, 0) is 25.5 Å². The Morgan fingerprint density at radius 3 is 2.88 bits per heavy atom. The number of nitrogens with one attached hydrogen (secondary N) is 2. The molecule has 0 saturated carbocycles. The third kappa shape index (κ3) is 3.41. The van der Waals surface area contributed by atoms with Crippen molar-refractivity contribution in [2.45, 2.75) is 23.9 Å². The highest BCUT2D eigenvalue weighted by Gasteiger charge is 2.23. The van der Waals surface area contributed by atoms with Gasteiger partial charge in [0.25, 0.3) is 10.0 Å². The summed E-state index contributed by atoms with van der Waals surface area (Å²) in [6, 6.07) is 1.48. The number of aromatic nitrogens is 2. The maximum atomic E-state index is 12.0. The van der Waals surface area contributed by atoms with E-state index < -0.39 is 10.0 Å².